The summed E-state index contributed by atoms with van der Waals surface area (Å²) in [6.45, 7) is 4.31. The average Bonchev–Trinajstić information content (AvgIpc) is 2.35. The van der Waals surface area contributed by atoms with Gasteiger partial charge in [-0.25, -0.2) is 4.39 Å². The highest BCUT2D eigenvalue weighted by atomic mass is 19.1. The average molecular weight is 260 g/mol. The van der Waals surface area contributed by atoms with Crippen LogP contribution in [-0.4, -0.2) is 10.2 Å². The van der Waals surface area contributed by atoms with Crippen molar-refractivity contribution in [1.29, 1.82) is 0 Å². The quantitative estimate of drug-likeness (QED) is 0.815. The maximum absolute atomic E-state index is 13.4. The van der Waals surface area contributed by atoms with E-state index >= 15 is 0 Å². The molecule has 0 aliphatic heterocycles. The second kappa shape index (κ2) is 5.31. The molecule has 0 aromatic heterocycles. The summed E-state index contributed by atoms with van der Waals surface area (Å²) in [5.41, 5.74) is 2.58. The Labute approximate surface area is 112 Å². The summed E-state index contributed by atoms with van der Waals surface area (Å²) in [5, 5.41) is 18.6. The molecule has 0 heterocycles. The van der Waals surface area contributed by atoms with Crippen molar-refractivity contribution in [2.45, 2.75) is 20.3 Å². The molecule has 0 bridgehead atoms. The van der Waals surface area contributed by atoms with E-state index in [4.69, 9.17) is 0 Å². The fraction of sp³-hybridized carbons (Fsp3) is 0.250. The molecule has 0 aliphatic carbocycles. The van der Waals surface area contributed by atoms with Crippen LogP contribution in [0.5, 0.6) is 11.5 Å². The van der Waals surface area contributed by atoms with Gasteiger partial charge in [-0.2, -0.15) is 0 Å². The van der Waals surface area contributed by atoms with Crippen LogP contribution in [0.2, 0.25) is 0 Å². The summed E-state index contributed by atoms with van der Waals surface area (Å²) < 4.78 is 13.4. The largest absolute Gasteiger partial charge is 0.504 e. The van der Waals surface area contributed by atoms with E-state index in [0.717, 1.165) is 12.0 Å². The van der Waals surface area contributed by atoms with Crippen LogP contribution in [0.3, 0.4) is 0 Å². The fourth-order valence-electron chi connectivity index (χ4n) is 2.06. The summed E-state index contributed by atoms with van der Waals surface area (Å²) in [6.07, 6.45) is 0.996. The van der Waals surface area contributed by atoms with Gasteiger partial charge >= 0.3 is 0 Å². The number of hydrogen-bond donors (Lipinski definition) is 2. The van der Waals surface area contributed by atoms with Crippen molar-refractivity contribution in [2.75, 3.05) is 0 Å². The lowest BCUT2D eigenvalue weighted by Gasteiger charge is -2.08. The topological polar surface area (TPSA) is 40.5 Å². The molecule has 0 saturated carbocycles. The second-order valence-corrected chi connectivity index (χ2v) is 5.12. The summed E-state index contributed by atoms with van der Waals surface area (Å²) in [5.74, 6) is -1.39. The third-order valence-corrected chi connectivity index (χ3v) is 2.97. The fourth-order valence-corrected chi connectivity index (χ4v) is 2.06. The molecule has 2 N–H and O–H groups in total. The van der Waals surface area contributed by atoms with Crippen molar-refractivity contribution in [1.82, 2.24) is 0 Å². The van der Waals surface area contributed by atoms with Gasteiger partial charge in [0.2, 0.25) is 0 Å². The van der Waals surface area contributed by atoms with Crippen LogP contribution in [0, 0.1) is 11.7 Å². The van der Waals surface area contributed by atoms with Gasteiger partial charge in [0.05, 0.1) is 0 Å². The monoisotopic (exact) mass is 260 g/mol. The van der Waals surface area contributed by atoms with Crippen LogP contribution in [-0.2, 0) is 6.42 Å². The molecular weight excluding hydrogens is 243 g/mol. The summed E-state index contributed by atoms with van der Waals surface area (Å²) >= 11 is 0. The summed E-state index contributed by atoms with van der Waals surface area (Å²) in [4.78, 5) is 0. The molecule has 0 atom stereocenters. The molecular formula is C16H17FO2. The minimum Gasteiger partial charge on any atom is -0.504 e. The van der Waals surface area contributed by atoms with Gasteiger partial charge in [0, 0.05) is 0 Å². The molecule has 2 rings (SSSR count). The minimum atomic E-state index is -0.818. The van der Waals surface area contributed by atoms with Gasteiger partial charge in [-0.3, -0.25) is 0 Å². The Morgan fingerprint density at radius 2 is 1.63 bits per heavy atom. The van der Waals surface area contributed by atoms with Crippen LogP contribution in [0.25, 0.3) is 11.1 Å². The Morgan fingerprint density at radius 3 is 2.16 bits per heavy atom. The van der Waals surface area contributed by atoms with E-state index in [-0.39, 0.29) is 0 Å². The third kappa shape index (κ3) is 3.05. The Balaban J connectivity index is 2.32. The smallest absolute Gasteiger partial charge is 0.194 e. The molecule has 0 fully saturated rings. The van der Waals surface area contributed by atoms with E-state index in [0.29, 0.717) is 11.5 Å². The number of benzene rings is 2. The zero-order valence-electron chi connectivity index (χ0n) is 11.0. The normalized spacial score (nSPS) is 10.9. The SMILES string of the molecule is CC(C)Cc1ccc(-c2cc(O)c(O)c(F)c2)cc1. The van der Waals surface area contributed by atoms with Gasteiger partial charge in [-0.1, -0.05) is 38.1 Å². The van der Waals surface area contributed by atoms with Crippen molar-refractivity contribution < 1.29 is 14.6 Å². The van der Waals surface area contributed by atoms with Crippen LogP contribution in [0.15, 0.2) is 36.4 Å². The van der Waals surface area contributed by atoms with E-state index in [9.17, 15) is 14.6 Å². The van der Waals surface area contributed by atoms with E-state index in [1.54, 1.807) is 0 Å². The van der Waals surface area contributed by atoms with Gasteiger partial charge in [0.1, 0.15) is 0 Å². The molecule has 19 heavy (non-hydrogen) atoms. The maximum atomic E-state index is 13.4. The first-order chi connectivity index (χ1) is 8.97. The molecule has 2 nitrogen and oxygen atoms in total. The molecule has 0 saturated heterocycles. The molecule has 0 radical (unpaired) electrons. The van der Waals surface area contributed by atoms with E-state index in [1.165, 1.54) is 17.7 Å². The van der Waals surface area contributed by atoms with Gasteiger partial charge in [-0.15, -0.1) is 0 Å². The molecule has 0 amide bonds. The number of phenols is 2. The summed E-state index contributed by atoms with van der Waals surface area (Å²) in [7, 11) is 0. The molecule has 3 heteroatoms. The predicted octanol–water partition coefficient (Wildman–Crippen LogP) is 4.10. The first kappa shape index (κ1) is 13.4. The maximum Gasteiger partial charge on any atom is 0.194 e. The van der Waals surface area contributed by atoms with Crippen LogP contribution in [0.4, 0.5) is 4.39 Å². The highest BCUT2D eigenvalue weighted by Gasteiger charge is 2.10. The minimum absolute atomic E-state index is 0.443. The van der Waals surface area contributed by atoms with Gasteiger partial charge in [0.25, 0.3) is 0 Å². The number of aromatic hydroxyl groups is 2. The lowest BCUT2D eigenvalue weighted by atomic mass is 9.99. The number of halogens is 1. The lowest BCUT2D eigenvalue weighted by Crippen LogP contribution is -1.93. The van der Waals surface area contributed by atoms with Gasteiger partial charge in [-0.05, 0) is 41.2 Å². The molecule has 2 aromatic rings. The van der Waals surface area contributed by atoms with Crippen molar-refractivity contribution >= 4 is 0 Å². The second-order valence-electron chi connectivity index (χ2n) is 5.12. The Bertz CT molecular complexity index is 551. The van der Waals surface area contributed by atoms with E-state index < -0.39 is 17.3 Å². The van der Waals surface area contributed by atoms with E-state index in [2.05, 4.69) is 13.8 Å². The number of rotatable bonds is 3. The zero-order valence-corrected chi connectivity index (χ0v) is 11.0. The third-order valence-electron chi connectivity index (χ3n) is 2.97. The molecule has 2 aromatic carbocycles. The molecule has 0 unspecified atom stereocenters. The highest BCUT2D eigenvalue weighted by molar-refractivity contribution is 5.67. The molecule has 100 valence electrons. The van der Waals surface area contributed by atoms with Crippen molar-refractivity contribution in [2.24, 2.45) is 5.92 Å². The van der Waals surface area contributed by atoms with Gasteiger partial charge in [0.15, 0.2) is 17.3 Å². The Hall–Kier alpha value is -2.03. The summed E-state index contributed by atoms with van der Waals surface area (Å²) in [6, 6.07) is 10.3. The number of hydrogen-bond acceptors (Lipinski definition) is 2. The predicted molar refractivity (Wildman–Crippen MR) is 73.7 cm³/mol. The van der Waals surface area contributed by atoms with Crippen molar-refractivity contribution in [3.05, 3.63) is 47.8 Å². The van der Waals surface area contributed by atoms with Crippen LogP contribution in [0.1, 0.15) is 19.4 Å². The van der Waals surface area contributed by atoms with Crippen LogP contribution < -0.4 is 0 Å². The number of phenolic OH excluding ortho intramolecular Hbond substituents is 2. The Morgan fingerprint density at radius 1 is 1.00 bits per heavy atom. The zero-order chi connectivity index (χ0) is 14.0. The van der Waals surface area contributed by atoms with Crippen molar-refractivity contribution in [3.8, 4) is 22.6 Å². The standard InChI is InChI=1S/C16H17FO2/c1-10(2)7-11-3-5-12(6-4-11)13-8-14(17)16(19)15(18)9-13/h3-6,8-10,18-19H,7H2,1-2H3. The van der Waals surface area contributed by atoms with E-state index in [1.807, 2.05) is 24.3 Å². The molecule has 0 spiro atoms. The molecule has 0 aliphatic rings. The first-order valence-corrected chi connectivity index (χ1v) is 6.28. The first-order valence-electron chi connectivity index (χ1n) is 6.28. The Kier molecular flexibility index (Phi) is 3.74. The van der Waals surface area contributed by atoms with Crippen LogP contribution >= 0.6 is 0 Å². The van der Waals surface area contributed by atoms with Crippen molar-refractivity contribution in [3.63, 3.8) is 0 Å². The highest BCUT2D eigenvalue weighted by Crippen LogP contribution is 2.33. The lowest BCUT2D eigenvalue weighted by molar-refractivity contribution is 0.379. The van der Waals surface area contributed by atoms with Gasteiger partial charge < -0.3 is 10.2 Å².